The number of carbonyl (C=O) groups is 2. The first kappa shape index (κ1) is 29.4. The number of nitrogens with one attached hydrogen (secondary N) is 1. The average Bonchev–Trinajstić information content (AvgIpc) is 3.21. The molecule has 0 saturated carbocycles. The summed E-state index contributed by atoms with van der Waals surface area (Å²) in [6, 6.07) is 21.9. The third kappa shape index (κ3) is 5.94. The largest absolute Gasteiger partial charge is 0.497 e. The molecule has 1 aliphatic rings. The van der Waals surface area contributed by atoms with E-state index in [4.69, 9.17) is 32.7 Å². The number of aryl methyl sites for hydroxylation is 1. The zero-order valence-corrected chi connectivity index (χ0v) is 25.1. The van der Waals surface area contributed by atoms with Crippen molar-refractivity contribution in [3.05, 3.63) is 117 Å². The summed E-state index contributed by atoms with van der Waals surface area (Å²) in [6.45, 7) is 2.58. The fourth-order valence-electron chi connectivity index (χ4n) is 5.33. The lowest BCUT2D eigenvalue weighted by molar-refractivity contribution is -0.123. The first-order valence-corrected chi connectivity index (χ1v) is 14.3. The van der Waals surface area contributed by atoms with Crippen molar-refractivity contribution < 1.29 is 19.1 Å². The van der Waals surface area contributed by atoms with E-state index < -0.39 is 5.41 Å². The maximum atomic E-state index is 14.1. The van der Waals surface area contributed by atoms with E-state index in [0.717, 1.165) is 28.1 Å². The zero-order chi connectivity index (χ0) is 29.9. The van der Waals surface area contributed by atoms with E-state index in [2.05, 4.69) is 10.3 Å². The molecule has 3 aromatic carbocycles. The number of carbonyl (C=O) groups excluding carboxylic acids is 2. The summed E-state index contributed by atoms with van der Waals surface area (Å²) in [5.74, 6) is 1.04. The number of methoxy groups -OCH3 is 2. The van der Waals surface area contributed by atoms with E-state index in [0.29, 0.717) is 53.0 Å². The number of amides is 2. The van der Waals surface area contributed by atoms with Gasteiger partial charge in [0.1, 0.15) is 11.5 Å². The van der Waals surface area contributed by atoms with Gasteiger partial charge in [0.2, 0.25) is 5.91 Å². The van der Waals surface area contributed by atoms with Crippen molar-refractivity contribution in [2.45, 2.75) is 38.3 Å². The van der Waals surface area contributed by atoms with Gasteiger partial charge in [-0.2, -0.15) is 0 Å². The molecule has 1 aliphatic heterocycles. The number of pyridine rings is 1. The Morgan fingerprint density at radius 2 is 1.81 bits per heavy atom. The fourth-order valence-corrected chi connectivity index (χ4v) is 5.71. The second kappa shape index (κ2) is 12.4. The van der Waals surface area contributed by atoms with Gasteiger partial charge in [0.15, 0.2) is 0 Å². The van der Waals surface area contributed by atoms with Gasteiger partial charge in [-0.3, -0.25) is 14.6 Å². The molecule has 0 bridgehead atoms. The molecule has 2 heterocycles. The highest BCUT2D eigenvalue weighted by atomic mass is 35.5. The van der Waals surface area contributed by atoms with E-state index >= 15 is 0 Å². The molecule has 7 nitrogen and oxygen atoms in total. The topological polar surface area (TPSA) is 80.8 Å². The number of aromatic nitrogens is 1. The molecule has 1 atom stereocenters. The van der Waals surface area contributed by atoms with Crippen molar-refractivity contribution in [1.82, 2.24) is 10.3 Å². The first-order chi connectivity index (χ1) is 20.2. The summed E-state index contributed by atoms with van der Waals surface area (Å²) >= 11 is 13.0. The van der Waals surface area contributed by atoms with Crippen LogP contribution in [0.3, 0.4) is 0 Å². The number of hydrogen-bond acceptors (Lipinski definition) is 5. The normalized spacial score (nSPS) is 15.8. The number of ether oxygens (including phenoxy) is 2. The van der Waals surface area contributed by atoms with E-state index in [-0.39, 0.29) is 11.8 Å². The van der Waals surface area contributed by atoms with Gasteiger partial charge in [0.05, 0.1) is 38.4 Å². The highest BCUT2D eigenvalue weighted by Crippen LogP contribution is 2.47. The van der Waals surface area contributed by atoms with Crippen LogP contribution in [0.25, 0.3) is 0 Å². The van der Waals surface area contributed by atoms with Gasteiger partial charge in [-0.05, 0) is 91.6 Å². The van der Waals surface area contributed by atoms with Crippen LogP contribution >= 0.6 is 23.2 Å². The van der Waals surface area contributed by atoms with Crippen molar-refractivity contribution in [2.24, 2.45) is 0 Å². The number of halogens is 2. The molecule has 0 spiro atoms. The predicted octanol–water partition coefficient (Wildman–Crippen LogP) is 6.77. The van der Waals surface area contributed by atoms with Crippen molar-refractivity contribution >= 4 is 40.7 Å². The van der Waals surface area contributed by atoms with Gasteiger partial charge < -0.3 is 19.7 Å². The van der Waals surface area contributed by atoms with Gasteiger partial charge in [0.25, 0.3) is 5.91 Å². The van der Waals surface area contributed by atoms with E-state index in [1.807, 2.05) is 49.4 Å². The van der Waals surface area contributed by atoms with Crippen molar-refractivity contribution in [2.75, 3.05) is 19.1 Å². The smallest absolute Gasteiger partial charge is 0.251 e. The molecule has 0 radical (unpaired) electrons. The molecule has 216 valence electrons. The Kier molecular flexibility index (Phi) is 8.71. The molecule has 1 aromatic heterocycles. The Bertz CT molecular complexity index is 1630. The third-order valence-electron chi connectivity index (χ3n) is 7.74. The maximum absolute atomic E-state index is 14.1. The summed E-state index contributed by atoms with van der Waals surface area (Å²) in [5.41, 5.74) is 3.69. The van der Waals surface area contributed by atoms with Crippen molar-refractivity contribution in [1.29, 1.82) is 0 Å². The number of fused-ring (bicyclic) bond motifs is 1. The molecule has 0 saturated heterocycles. The number of hydrogen-bond donors (Lipinski definition) is 1. The minimum atomic E-state index is -0.861. The Balaban J connectivity index is 1.37. The van der Waals surface area contributed by atoms with Crippen LogP contribution in [-0.2, 0) is 29.7 Å². The number of nitrogens with zero attached hydrogens (tertiary/aromatic N) is 2. The molecule has 1 unspecified atom stereocenters. The fraction of sp³-hybridized carbons (Fsp3) is 0.242. The number of rotatable bonds is 10. The SMILES string of the molecule is COc1ccc(CN2C(=O)C(C)(CCc3cc(C(=O)NCc4ccccn4)ccc3Cl)c3cc(Cl)ccc32)c(OC)c1. The first-order valence-electron chi connectivity index (χ1n) is 13.5. The van der Waals surface area contributed by atoms with Crippen LogP contribution in [-0.4, -0.2) is 31.0 Å². The molecule has 0 aliphatic carbocycles. The standard InChI is InChI=1S/C33H31Cl2N3O4/c1-33(14-13-21-16-22(8-11-28(21)35)31(39)37-19-25-6-4-5-15-36-25)27-17-24(34)9-12-29(27)38(32(33)40)20-23-7-10-26(41-2)18-30(23)42-3/h4-12,15-18H,13-14,19-20H2,1-3H3,(H,37,39). The highest BCUT2D eigenvalue weighted by molar-refractivity contribution is 6.31. The van der Waals surface area contributed by atoms with Gasteiger partial charge >= 0.3 is 0 Å². The lowest BCUT2D eigenvalue weighted by Crippen LogP contribution is -2.38. The van der Waals surface area contributed by atoms with Crippen LogP contribution in [0, 0.1) is 0 Å². The minimum Gasteiger partial charge on any atom is -0.497 e. The molecule has 4 aromatic rings. The van der Waals surface area contributed by atoms with Crippen LogP contribution < -0.4 is 19.7 Å². The van der Waals surface area contributed by atoms with Crippen LogP contribution in [0.1, 0.15) is 46.1 Å². The Morgan fingerprint density at radius 1 is 0.976 bits per heavy atom. The zero-order valence-electron chi connectivity index (χ0n) is 23.6. The molecule has 2 amide bonds. The van der Waals surface area contributed by atoms with Crippen molar-refractivity contribution in [3.8, 4) is 11.5 Å². The predicted molar refractivity (Wildman–Crippen MR) is 165 cm³/mol. The maximum Gasteiger partial charge on any atom is 0.251 e. The van der Waals surface area contributed by atoms with Gasteiger partial charge in [-0.15, -0.1) is 0 Å². The molecule has 1 N–H and O–H groups in total. The lowest BCUT2D eigenvalue weighted by atomic mass is 9.78. The monoisotopic (exact) mass is 603 g/mol. The number of anilines is 1. The summed E-state index contributed by atoms with van der Waals surface area (Å²) in [6.07, 6.45) is 2.63. The van der Waals surface area contributed by atoms with Gasteiger partial charge in [-0.1, -0.05) is 29.3 Å². The van der Waals surface area contributed by atoms with Gasteiger partial charge in [0, 0.05) is 39.1 Å². The average molecular weight is 605 g/mol. The van der Waals surface area contributed by atoms with Crippen LogP contribution in [0.15, 0.2) is 79.0 Å². The molecular formula is C33H31Cl2N3O4. The van der Waals surface area contributed by atoms with Crippen LogP contribution in [0.2, 0.25) is 10.0 Å². The molecule has 0 fully saturated rings. The molecule has 9 heteroatoms. The highest BCUT2D eigenvalue weighted by Gasteiger charge is 2.47. The van der Waals surface area contributed by atoms with E-state index in [1.165, 1.54) is 0 Å². The van der Waals surface area contributed by atoms with E-state index in [1.54, 1.807) is 55.6 Å². The van der Waals surface area contributed by atoms with Gasteiger partial charge in [-0.25, -0.2) is 0 Å². The summed E-state index contributed by atoms with van der Waals surface area (Å²) in [4.78, 5) is 33.1. The summed E-state index contributed by atoms with van der Waals surface area (Å²) < 4.78 is 10.9. The quantitative estimate of drug-likeness (QED) is 0.216. The van der Waals surface area contributed by atoms with Crippen LogP contribution in [0.5, 0.6) is 11.5 Å². The molecular weight excluding hydrogens is 573 g/mol. The lowest BCUT2D eigenvalue weighted by Gasteiger charge is -2.25. The Labute approximate surface area is 255 Å². The second-order valence-electron chi connectivity index (χ2n) is 10.4. The summed E-state index contributed by atoms with van der Waals surface area (Å²) in [5, 5.41) is 4.00. The molecule has 42 heavy (non-hydrogen) atoms. The van der Waals surface area contributed by atoms with Crippen LogP contribution in [0.4, 0.5) is 5.69 Å². The summed E-state index contributed by atoms with van der Waals surface area (Å²) in [7, 11) is 3.19. The van der Waals surface area contributed by atoms with E-state index in [9.17, 15) is 9.59 Å². The Hall–Kier alpha value is -4.07. The Morgan fingerprint density at radius 3 is 2.55 bits per heavy atom. The minimum absolute atomic E-state index is 0.0435. The second-order valence-corrected chi connectivity index (χ2v) is 11.2. The molecule has 5 rings (SSSR count). The van der Waals surface area contributed by atoms with Crippen molar-refractivity contribution in [3.63, 3.8) is 0 Å². The third-order valence-corrected chi connectivity index (χ3v) is 8.35. The number of benzene rings is 3.